The fraction of sp³-hybridized carbons (Fsp3) is 0.590. The third kappa shape index (κ3) is 9.79. The Hall–Kier alpha value is -2.93. The molecule has 2 aliphatic rings. The Morgan fingerprint density at radius 2 is 1.59 bits per heavy atom. The molecule has 0 saturated carbocycles. The first-order valence-corrected chi connectivity index (χ1v) is 18.2. The normalized spacial score (nSPS) is 20.0. The molecule has 0 aromatic heterocycles. The first-order chi connectivity index (χ1) is 21.8. The molecule has 2 N–H and O–H groups in total. The van der Waals surface area contributed by atoms with Crippen LogP contribution in [-0.2, 0) is 17.8 Å². The van der Waals surface area contributed by atoms with Gasteiger partial charge in [-0.15, -0.1) is 0 Å². The van der Waals surface area contributed by atoms with Gasteiger partial charge in [-0.05, 0) is 111 Å². The molecule has 0 radical (unpaired) electrons. The SMILES string of the molecule is Cc1c(C)c2c(c(COc3ccc(C=C4SC(=O)NC4=O)cc3)c1O)CCC(C)(CCCC(C)CCCC(C)CCCC(C)C)O2. The summed E-state index contributed by atoms with van der Waals surface area (Å²) in [7, 11) is 0. The standard InChI is InChI=1S/C39H55NO5S/c1-25(2)11-8-12-26(3)13-9-14-27(4)15-10-21-39(7)22-20-32-33(35(41)28(5)29(6)36(32)45-39)24-44-31-18-16-30(17-19-31)23-34-37(42)40-38(43)46-34/h16-19,23,25-27,41H,8-15,20-22,24H2,1-7H3,(H,40,42,43). The fourth-order valence-corrected chi connectivity index (χ4v) is 7.37. The van der Waals surface area contributed by atoms with Crippen molar-refractivity contribution in [1.29, 1.82) is 0 Å². The van der Waals surface area contributed by atoms with Crippen molar-refractivity contribution in [2.75, 3.05) is 0 Å². The van der Waals surface area contributed by atoms with Gasteiger partial charge < -0.3 is 14.6 Å². The van der Waals surface area contributed by atoms with Gasteiger partial charge in [0.05, 0.1) is 4.91 Å². The van der Waals surface area contributed by atoms with E-state index in [0.717, 1.165) is 88.8 Å². The Morgan fingerprint density at radius 3 is 2.20 bits per heavy atom. The number of phenolic OH excluding ortho intramolecular Hbond substituents is 1. The molecule has 2 amide bonds. The minimum absolute atomic E-state index is 0.215. The van der Waals surface area contributed by atoms with Crippen LogP contribution in [0.15, 0.2) is 29.2 Å². The van der Waals surface area contributed by atoms with Crippen molar-refractivity contribution in [1.82, 2.24) is 5.32 Å². The number of imide groups is 1. The highest BCUT2D eigenvalue weighted by molar-refractivity contribution is 8.18. The van der Waals surface area contributed by atoms with Crippen LogP contribution < -0.4 is 14.8 Å². The van der Waals surface area contributed by atoms with Crippen LogP contribution in [-0.4, -0.2) is 21.9 Å². The maximum Gasteiger partial charge on any atom is 0.290 e. The summed E-state index contributed by atoms with van der Waals surface area (Å²) < 4.78 is 12.9. The number of thioether (sulfide) groups is 1. The maximum atomic E-state index is 11.8. The zero-order valence-corrected chi connectivity index (χ0v) is 29.9. The molecular formula is C39H55NO5S. The topological polar surface area (TPSA) is 84.9 Å². The lowest BCUT2D eigenvalue weighted by atomic mass is 9.83. The van der Waals surface area contributed by atoms with Gasteiger partial charge in [-0.2, -0.15) is 0 Å². The predicted octanol–water partition coefficient (Wildman–Crippen LogP) is 10.4. The minimum Gasteiger partial charge on any atom is -0.507 e. The highest BCUT2D eigenvalue weighted by atomic mass is 32.2. The number of fused-ring (bicyclic) bond motifs is 1. The number of ether oxygens (including phenoxy) is 2. The van der Waals surface area contributed by atoms with Crippen LogP contribution in [0, 0.1) is 31.6 Å². The average Bonchev–Trinajstić information content (AvgIpc) is 3.32. The first kappa shape index (κ1) is 35.9. The van der Waals surface area contributed by atoms with Crippen molar-refractivity contribution in [3.8, 4) is 17.2 Å². The van der Waals surface area contributed by atoms with Gasteiger partial charge in [-0.1, -0.05) is 84.8 Å². The Bertz CT molecular complexity index is 1400. The second-order valence-electron chi connectivity index (χ2n) is 14.5. The molecule has 1 fully saturated rings. The van der Waals surface area contributed by atoms with Gasteiger partial charge >= 0.3 is 0 Å². The first-order valence-electron chi connectivity index (χ1n) is 17.4. The highest BCUT2D eigenvalue weighted by Gasteiger charge is 2.35. The van der Waals surface area contributed by atoms with Crippen molar-refractivity contribution >= 4 is 29.0 Å². The van der Waals surface area contributed by atoms with Crippen LogP contribution in [0.2, 0.25) is 0 Å². The van der Waals surface area contributed by atoms with E-state index in [1.807, 2.05) is 38.1 Å². The Balaban J connectivity index is 1.30. The summed E-state index contributed by atoms with van der Waals surface area (Å²) in [5.41, 5.74) is 4.25. The Morgan fingerprint density at radius 1 is 0.957 bits per heavy atom. The van der Waals surface area contributed by atoms with Crippen molar-refractivity contribution in [2.45, 2.75) is 131 Å². The van der Waals surface area contributed by atoms with E-state index >= 15 is 0 Å². The van der Waals surface area contributed by atoms with Crippen LogP contribution in [0.1, 0.15) is 127 Å². The molecule has 0 aliphatic carbocycles. The molecule has 3 unspecified atom stereocenters. The Kier molecular flexibility index (Phi) is 12.7. The van der Waals surface area contributed by atoms with Gasteiger partial charge in [-0.3, -0.25) is 14.9 Å². The number of phenols is 1. The molecular weight excluding hydrogens is 594 g/mol. The van der Waals surface area contributed by atoms with E-state index in [1.165, 1.54) is 44.9 Å². The van der Waals surface area contributed by atoms with E-state index in [1.54, 1.807) is 6.08 Å². The van der Waals surface area contributed by atoms with Crippen LogP contribution in [0.4, 0.5) is 4.79 Å². The number of hydrogen-bond donors (Lipinski definition) is 2. The molecule has 0 bridgehead atoms. The number of nitrogens with one attached hydrogen (secondary N) is 1. The van der Waals surface area contributed by atoms with E-state index in [2.05, 4.69) is 39.9 Å². The molecule has 0 spiro atoms. The van der Waals surface area contributed by atoms with Gasteiger partial charge in [0.15, 0.2) is 0 Å². The van der Waals surface area contributed by atoms with Crippen molar-refractivity contribution in [2.24, 2.45) is 17.8 Å². The monoisotopic (exact) mass is 649 g/mol. The van der Waals surface area contributed by atoms with Gasteiger partial charge in [0.1, 0.15) is 29.5 Å². The van der Waals surface area contributed by atoms with E-state index in [0.29, 0.717) is 10.7 Å². The number of carbonyl (C=O) groups is 2. The lowest BCUT2D eigenvalue weighted by Crippen LogP contribution is -2.37. The minimum atomic E-state index is -0.374. The molecule has 6 nitrogen and oxygen atoms in total. The fourth-order valence-electron chi connectivity index (χ4n) is 6.69. The summed E-state index contributed by atoms with van der Waals surface area (Å²) in [6.07, 6.45) is 15.0. The second kappa shape index (κ2) is 16.3. The zero-order valence-electron chi connectivity index (χ0n) is 29.1. The van der Waals surface area contributed by atoms with E-state index in [9.17, 15) is 14.7 Å². The number of hydrogen-bond acceptors (Lipinski definition) is 6. The van der Waals surface area contributed by atoms with Crippen LogP contribution in [0.3, 0.4) is 0 Å². The Labute approximate surface area is 281 Å². The molecule has 2 aromatic rings. The smallest absolute Gasteiger partial charge is 0.290 e. The van der Waals surface area contributed by atoms with Crippen molar-refractivity contribution in [3.05, 3.63) is 57.0 Å². The van der Waals surface area contributed by atoms with Gasteiger partial charge in [-0.25, -0.2) is 0 Å². The van der Waals surface area contributed by atoms with E-state index in [4.69, 9.17) is 9.47 Å². The third-order valence-electron chi connectivity index (χ3n) is 9.91. The summed E-state index contributed by atoms with van der Waals surface area (Å²) in [6, 6.07) is 7.36. The quantitative estimate of drug-likeness (QED) is 0.176. The predicted molar refractivity (Wildman–Crippen MR) is 190 cm³/mol. The van der Waals surface area contributed by atoms with Crippen LogP contribution in [0.5, 0.6) is 17.2 Å². The average molecular weight is 650 g/mol. The third-order valence-corrected chi connectivity index (χ3v) is 10.7. The summed E-state index contributed by atoms with van der Waals surface area (Å²) in [4.78, 5) is 23.7. The van der Waals surface area contributed by atoms with Gasteiger partial charge in [0.25, 0.3) is 11.1 Å². The molecule has 3 atom stereocenters. The number of carbonyl (C=O) groups excluding carboxylic acids is 2. The molecule has 46 heavy (non-hydrogen) atoms. The molecule has 7 heteroatoms. The van der Waals surface area contributed by atoms with Crippen molar-refractivity contribution < 1.29 is 24.2 Å². The molecule has 2 aromatic carbocycles. The number of aromatic hydroxyl groups is 1. The van der Waals surface area contributed by atoms with Crippen LogP contribution in [0.25, 0.3) is 6.08 Å². The van der Waals surface area contributed by atoms with E-state index < -0.39 is 0 Å². The lowest BCUT2D eigenvalue weighted by molar-refractivity contribution is -0.115. The summed E-state index contributed by atoms with van der Waals surface area (Å²) in [5.74, 6) is 3.86. The maximum absolute atomic E-state index is 11.8. The number of benzene rings is 2. The van der Waals surface area contributed by atoms with Gasteiger partial charge in [0, 0.05) is 11.1 Å². The molecule has 2 aliphatic heterocycles. The summed E-state index contributed by atoms with van der Waals surface area (Å²) >= 11 is 0.899. The lowest BCUT2D eigenvalue weighted by Gasteiger charge is -2.38. The van der Waals surface area contributed by atoms with Crippen LogP contribution >= 0.6 is 11.8 Å². The number of amides is 2. The number of rotatable bonds is 16. The largest absolute Gasteiger partial charge is 0.507 e. The molecule has 252 valence electrons. The zero-order chi connectivity index (χ0) is 33.4. The molecule has 2 heterocycles. The van der Waals surface area contributed by atoms with E-state index in [-0.39, 0.29) is 29.1 Å². The summed E-state index contributed by atoms with van der Waals surface area (Å²) in [6.45, 7) is 15.9. The molecule has 1 saturated heterocycles. The second-order valence-corrected chi connectivity index (χ2v) is 15.5. The highest BCUT2D eigenvalue weighted by Crippen LogP contribution is 2.45. The summed E-state index contributed by atoms with van der Waals surface area (Å²) in [5, 5.41) is 13.1. The molecule has 4 rings (SSSR count). The van der Waals surface area contributed by atoms with Gasteiger partial charge in [0.2, 0.25) is 0 Å². The van der Waals surface area contributed by atoms with Crippen molar-refractivity contribution in [3.63, 3.8) is 0 Å².